The highest BCUT2D eigenvalue weighted by Gasteiger charge is 2.05. The molecule has 1 nitrogen and oxygen atoms in total. The molecule has 1 aromatic heterocycles. The van der Waals surface area contributed by atoms with Gasteiger partial charge in [-0.3, -0.25) is 4.79 Å². The second kappa shape index (κ2) is 2.99. The van der Waals surface area contributed by atoms with E-state index in [2.05, 4.69) is 15.9 Å². The number of rotatable bonds is 1. The van der Waals surface area contributed by atoms with Gasteiger partial charge in [-0.25, -0.2) is 0 Å². The molecule has 0 radical (unpaired) electrons. The lowest BCUT2D eigenvalue weighted by molar-refractivity contribution is 0.109. The molecule has 2 rings (SSSR count). The monoisotopic (exact) mass is 240 g/mol. The van der Waals surface area contributed by atoms with Gasteiger partial charge in [-0.15, -0.1) is 11.3 Å². The topological polar surface area (TPSA) is 17.1 Å². The summed E-state index contributed by atoms with van der Waals surface area (Å²) in [4.78, 5) is 11.7. The predicted octanol–water partition coefficient (Wildman–Crippen LogP) is 3.44. The summed E-state index contributed by atoms with van der Waals surface area (Å²) < 4.78 is 1.11. The molecule has 0 aliphatic heterocycles. The van der Waals surface area contributed by atoms with Crippen LogP contribution in [0.25, 0.3) is 10.1 Å². The summed E-state index contributed by atoms with van der Waals surface area (Å²) in [6.07, 6.45) is 0. The first-order valence-corrected chi connectivity index (χ1v) is 5.07. The second-order valence-electron chi connectivity index (χ2n) is 2.42. The molecule has 0 saturated carbocycles. The zero-order valence-corrected chi connectivity index (χ0v) is 8.48. The zero-order valence-electron chi connectivity index (χ0n) is 6.08. The van der Waals surface area contributed by atoms with Crippen LogP contribution in [0.5, 0.6) is 0 Å². The third-order valence-electron chi connectivity index (χ3n) is 1.62. The first kappa shape index (κ1) is 7.95. The van der Waals surface area contributed by atoms with E-state index < -0.39 is 0 Å². The molecule has 1 heterocycles. The molecule has 0 amide bonds. The highest BCUT2D eigenvalue weighted by atomic mass is 79.9. The van der Waals surface area contributed by atoms with Gasteiger partial charge in [0.25, 0.3) is 0 Å². The molecule has 0 atom stereocenters. The molecule has 0 unspecified atom stereocenters. The van der Waals surface area contributed by atoms with Crippen LogP contribution in [0.1, 0.15) is 9.67 Å². The van der Waals surface area contributed by atoms with E-state index in [1.54, 1.807) is 0 Å². The van der Waals surface area contributed by atoms with Gasteiger partial charge in [-0.2, -0.15) is 0 Å². The molecule has 0 aliphatic carbocycles. The van der Waals surface area contributed by atoms with Crippen molar-refractivity contribution in [2.45, 2.75) is 0 Å². The average Bonchev–Trinajstić information content (AvgIpc) is 2.46. The number of carbonyl (C=O) groups excluding carboxylic acids is 1. The Morgan fingerprint density at radius 1 is 1.33 bits per heavy atom. The predicted molar refractivity (Wildman–Crippen MR) is 55.1 cm³/mol. The summed E-state index contributed by atoms with van der Waals surface area (Å²) in [5.74, 6) is 0. The van der Waals surface area contributed by atoms with Gasteiger partial charge in [0, 0.05) is 4.70 Å². The number of benzene rings is 1. The summed E-state index contributed by atoms with van der Waals surface area (Å²) in [6, 6.07) is 9.86. The van der Waals surface area contributed by atoms with Crippen molar-refractivity contribution in [1.82, 2.24) is 0 Å². The van der Waals surface area contributed by atoms with Gasteiger partial charge in [-0.05, 0) is 33.4 Å². The molecular formula is C9H5BrOS. The fourth-order valence-electron chi connectivity index (χ4n) is 1.08. The van der Waals surface area contributed by atoms with Crippen molar-refractivity contribution in [2.75, 3.05) is 0 Å². The second-order valence-corrected chi connectivity index (χ2v) is 4.23. The van der Waals surface area contributed by atoms with Crippen molar-refractivity contribution < 1.29 is 4.79 Å². The van der Waals surface area contributed by atoms with Crippen molar-refractivity contribution in [3.63, 3.8) is 0 Å². The zero-order chi connectivity index (χ0) is 8.55. The van der Waals surface area contributed by atoms with E-state index in [0.717, 1.165) is 15.0 Å². The Bertz CT molecular complexity index is 400. The molecule has 0 fully saturated rings. The minimum absolute atomic E-state index is 0.0382. The molecule has 0 N–H and O–H groups in total. The maximum absolute atomic E-state index is 10.9. The molecule has 3 heteroatoms. The van der Waals surface area contributed by atoms with Crippen molar-refractivity contribution >= 4 is 42.0 Å². The van der Waals surface area contributed by atoms with Crippen LogP contribution < -0.4 is 0 Å². The summed E-state index contributed by atoms with van der Waals surface area (Å²) in [5, 5.41) is 1.13. The first-order chi connectivity index (χ1) is 5.77. The number of halogens is 1. The van der Waals surface area contributed by atoms with Crippen LogP contribution in [0.2, 0.25) is 0 Å². The Labute approximate surface area is 82.1 Å². The Morgan fingerprint density at radius 2 is 2.08 bits per heavy atom. The molecule has 1 aromatic carbocycles. The molecule has 0 saturated heterocycles. The Hall–Kier alpha value is -0.670. The molecule has 60 valence electrons. The Kier molecular flexibility index (Phi) is 1.98. The van der Waals surface area contributed by atoms with E-state index in [1.807, 2.05) is 30.3 Å². The average molecular weight is 241 g/mol. The fourth-order valence-corrected chi connectivity index (χ4v) is 2.33. The first-order valence-electron chi connectivity index (χ1n) is 3.46. The fraction of sp³-hybridized carbons (Fsp3) is 0. The number of thiophene rings is 1. The Morgan fingerprint density at radius 3 is 2.75 bits per heavy atom. The number of carbonyl (C=O) groups is 1. The molecule has 0 aliphatic rings. The van der Waals surface area contributed by atoms with E-state index in [4.69, 9.17) is 0 Å². The lowest BCUT2D eigenvalue weighted by atomic mass is 10.2. The Balaban J connectivity index is 2.70. The lowest BCUT2D eigenvalue weighted by Crippen LogP contribution is -1.77. The van der Waals surface area contributed by atoms with Gasteiger partial charge >= 0.3 is 0 Å². The molecule has 12 heavy (non-hydrogen) atoms. The minimum Gasteiger partial charge on any atom is -0.280 e. The van der Waals surface area contributed by atoms with Crippen molar-refractivity contribution in [1.29, 1.82) is 0 Å². The van der Waals surface area contributed by atoms with Crippen LogP contribution in [-0.4, -0.2) is 4.69 Å². The SMILES string of the molecule is O=C(Br)c1cc2ccccc2s1. The van der Waals surface area contributed by atoms with Crippen LogP contribution >= 0.6 is 27.3 Å². The normalized spacial score (nSPS) is 10.4. The highest BCUT2D eigenvalue weighted by molar-refractivity contribution is 9.18. The third kappa shape index (κ3) is 1.30. The highest BCUT2D eigenvalue weighted by Crippen LogP contribution is 2.26. The van der Waals surface area contributed by atoms with E-state index in [9.17, 15) is 4.79 Å². The number of hydrogen-bond acceptors (Lipinski definition) is 2. The number of fused-ring (bicyclic) bond motifs is 1. The largest absolute Gasteiger partial charge is 0.280 e. The maximum atomic E-state index is 10.9. The molecule has 0 bridgehead atoms. The smallest absolute Gasteiger partial charge is 0.237 e. The third-order valence-corrected chi connectivity index (χ3v) is 3.42. The molecule has 0 spiro atoms. The summed E-state index contributed by atoms with van der Waals surface area (Å²) >= 11 is 4.44. The van der Waals surface area contributed by atoms with Crippen LogP contribution in [0.3, 0.4) is 0 Å². The number of hydrogen-bond donors (Lipinski definition) is 0. The van der Waals surface area contributed by atoms with Crippen molar-refractivity contribution in [2.24, 2.45) is 0 Å². The molecular weight excluding hydrogens is 236 g/mol. The maximum Gasteiger partial charge on any atom is 0.237 e. The summed E-state index contributed by atoms with van der Waals surface area (Å²) in [5.41, 5.74) is 0. The van der Waals surface area contributed by atoms with Gasteiger partial charge in [0.2, 0.25) is 4.69 Å². The summed E-state index contributed by atoms with van der Waals surface area (Å²) in [6.45, 7) is 0. The van der Waals surface area contributed by atoms with Crippen molar-refractivity contribution in [3.8, 4) is 0 Å². The van der Waals surface area contributed by atoms with Crippen LogP contribution in [0, 0.1) is 0 Å². The van der Waals surface area contributed by atoms with Gasteiger partial charge in [0.1, 0.15) is 0 Å². The van der Waals surface area contributed by atoms with Crippen molar-refractivity contribution in [3.05, 3.63) is 35.2 Å². The van der Waals surface area contributed by atoms with Gasteiger partial charge in [0.05, 0.1) is 4.88 Å². The lowest BCUT2D eigenvalue weighted by Gasteiger charge is -1.82. The standard InChI is InChI=1S/C9H5BrOS/c10-9(11)8-5-6-3-1-2-4-7(6)12-8/h1-5H. The summed E-state index contributed by atoms with van der Waals surface area (Å²) in [7, 11) is 0. The van der Waals surface area contributed by atoms with Crippen LogP contribution in [0.4, 0.5) is 0 Å². The van der Waals surface area contributed by atoms with E-state index in [-0.39, 0.29) is 4.69 Å². The minimum atomic E-state index is -0.0382. The van der Waals surface area contributed by atoms with E-state index >= 15 is 0 Å². The van der Waals surface area contributed by atoms with Crippen LogP contribution in [0.15, 0.2) is 30.3 Å². The van der Waals surface area contributed by atoms with Gasteiger partial charge in [0.15, 0.2) is 0 Å². The van der Waals surface area contributed by atoms with E-state index in [1.165, 1.54) is 11.3 Å². The quantitative estimate of drug-likeness (QED) is 0.699. The van der Waals surface area contributed by atoms with Crippen LogP contribution in [-0.2, 0) is 0 Å². The van der Waals surface area contributed by atoms with E-state index in [0.29, 0.717) is 0 Å². The van der Waals surface area contributed by atoms with Gasteiger partial charge < -0.3 is 0 Å². The molecule has 2 aromatic rings. The van der Waals surface area contributed by atoms with Gasteiger partial charge in [-0.1, -0.05) is 18.2 Å².